The third kappa shape index (κ3) is 3.79. The van der Waals surface area contributed by atoms with Crippen LogP contribution in [0.15, 0.2) is 48.5 Å². The van der Waals surface area contributed by atoms with Crippen molar-refractivity contribution in [3.8, 4) is 11.8 Å². The predicted molar refractivity (Wildman–Crippen MR) is 108 cm³/mol. The highest BCUT2D eigenvalue weighted by Crippen LogP contribution is 2.21. The summed E-state index contributed by atoms with van der Waals surface area (Å²) in [5, 5.41) is 7.60. The summed E-state index contributed by atoms with van der Waals surface area (Å²) in [5.74, 6) is 6.43. The first-order chi connectivity index (χ1) is 12.8. The average Bonchev–Trinajstić information content (AvgIpc) is 3.02. The minimum absolute atomic E-state index is 0.487. The number of nitrogens with zero attached hydrogens (tertiary/aromatic N) is 1. The van der Waals surface area contributed by atoms with Gasteiger partial charge in [-0.2, -0.15) is 0 Å². The van der Waals surface area contributed by atoms with Gasteiger partial charge in [-0.1, -0.05) is 24.1 Å². The van der Waals surface area contributed by atoms with Crippen LogP contribution in [0.5, 0.6) is 0 Å². The maximum Gasteiger partial charge on any atom is 0.152 e. The normalized spacial score (nSPS) is 10.4. The molecule has 132 valence electrons. The number of anilines is 1. The molecule has 0 atom stereocenters. The van der Waals surface area contributed by atoms with Crippen LogP contribution in [0.2, 0.25) is 0 Å². The lowest BCUT2D eigenvalue weighted by Gasteiger charge is -2.05. The van der Waals surface area contributed by atoms with Gasteiger partial charge in [0.05, 0.1) is 12.2 Å². The molecule has 3 aromatic rings. The molecule has 0 aliphatic carbocycles. The van der Waals surface area contributed by atoms with E-state index in [1.807, 2.05) is 25.2 Å². The third-order valence-corrected chi connectivity index (χ3v) is 4.33. The van der Waals surface area contributed by atoms with Gasteiger partial charge in [0.1, 0.15) is 0 Å². The molecule has 4 heteroatoms. The number of carbonyl (C=O) groups is 1. The molecule has 3 rings (SSSR count). The van der Waals surface area contributed by atoms with Crippen LogP contribution in [0.3, 0.4) is 0 Å². The summed E-state index contributed by atoms with van der Waals surface area (Å²) in [5.41, 5.74) is 4.93. The number of hydrogen-bond acceptors (Lipinski definition) is 3. The van der Waals surface area contributed by atoms with E-state index in [1.165, 1.54) is 16.5 Å². The van der Waals surface area contributed by atoms with Gasteiger partial charge in [0.15, 0.2) is 6.29 Å². The average molecular weight is 345 g/mol. The van der Waals surface area contributed by atoms with E-state index in [9.17, 15) is 4.79 Å². The van der Waals surface area contributed by atoms with Crippen molar-refractivity contribution >= 4 is 22.9 Å². The molecular weight excluding hydrogens is 322 g/mol. The highest BCUT2D eigenvalue weighted by atomic mass is 16.1. The minimum atomic E-state index is 0.487. The first-order valence-electron chi connectivity index (χ1n) is 8.80. The van der Waals surface area contributed by atoms with Gasteiger partial charge in [0, 0.05) is 35.2 Å². The monoisotopic (exact) mass is 345 g/mol. The van der Waals surface area contributed by atoms with Gasteiger partial charge in [0.2, 0.25) is 0 Å². The van der Waals surface area contributed by atoms with Crippen LogP contribution in [0.25, 0.3) is 10.9 Å². The smallest absolute Gasteiger partial charge is 0.152 e. The second-order valence-corrected chi connectivity index (χ2v) is 6.06. The van der Waals surface area contributed by atoms with E-state index in [0.717, 1.165) is 30.8 Å². The van der Waals surface area contributed by atoms with Crippen LogP contribution >= 0.6 is 0 Å². The molecule has 0 amide bonds. The lowest BCUT2D eigenvalue weighted by molar-refractivity contribution is 0.112. The summed E-state index contributed by atoms with van der Waals surface area (Å²) in [6.45, 7) is 4.35. The van der Waals surface area contributed by atoms with E-state index in [2.05, 4.69) is 58.2 Å². The number of para-hydroxylation sites is 1. The number of hydrogen-bond donors (Lipinski definition) is 2. The number of nitrogens with one attached hydrogen (secondary N) is 2. The molecule has 0 aliphatic rings. The van der Waals surface area contributed by atoms with E-state index >= 15 is 0 Å². The van der Waals surface area contributed by atoms with E-state index in [-0.39, 0.29) is 0 Å². The largest absolute Gasteiger partial charge is 0.374 e. The fraction of sp³-hybridized carbons (Fsp3) is 0.227. The Hall–Kier alpha value is -3.03. The lowest BCUT2D eigenvalue weighted by Crippen LogP contribution is -2.04. The summed E-state index contributed by atoms with van der Waals surface area (Å²) in [6.07, 6.45) is 0.855. The maximum atomic E-state index is 11.1. The van der Waals surface area contributed by atoms with Gasteiger partial charge in [-0.3, -0.25) is 4.79 Å². The number of aryl methyl sites for hydroxylation is 1. The van der Waals surface area contributed by atoms with Crippen LogP contribution in [-0.4, -0.2) is 24.4 Å². The third-order valence-electron chi connectivity index (χ3n) is 4.33. The van der Waals surface area contributed by atoms with E-state index < -0.39 is 0 Å². The van der Waals surface area contributed by atoms with Gasteiger partial charge in [-0.15, -0.1) is 0 Å². The Labute approximate surface area is 154 Å². The zero-order valence-electron chi connectivity index (χ0n) is 15.2. The molecule has 0 aliphatic heterocycles. The standard InChI is InChI=1S/C22H23N3O/c1-3-25-20(14-19-13-17(15-23-2)10-11-22(19)25)8-6-12-24-21-9-5-4-7-18(21)16-26/h4-5,7,9-11,13-14,16,23-24H,3,12,15H2,1-2H3. The number of fused-ring (bicyclic) bond motifs is 1. The molecule has 26 heavy (non-hydrogen) atoms. The maximum absolute atomic E-state index is 11.1. The quantitative estimate of drug-likeness (QED) is 0.529. The van der Waals surface area contributed by atoms with Crippen molar-refractivity contribution in [3.05, 3.63) is 65.4 Å². The Morgan fingerprint density at radius 3 is 2.77 bits per heavy atom. The summed E-state index contributed by atoms with van der Waals surface area (Å²) in [6, 6.07) is 16.1. The Morgan fingerprint density at radius 1 is 1.15 bits per heavy atom. The molecule has 0 saturated heterocycles. The molecule has 0 bridgehead atoms. The topological polar surface area (TPSA) is 46.1 Å². The van der Waals surface area contributed by atoms with Crippen molar-refractivity contribution in [1.82, 2.24) is 9.88 Å². The molecular formula is C22H23N3O. The fourth-order valence-electron chi connectivity index (χ4n) is 3.11. The fourth-order valence-corrected chi connectivity index (χ4v) is 3.11. The van der Waals surface area contributed by atoms with E-state index in [0.29, 0.717) is 12.1 Å². The predicted octanol–water partition coefficient (Wildman–Crippen LogP) is 3.66. The van der Waals surface area contributed by atoms with E-state index in [1.54, 1.807) is 6.07 Å². The number of aromatic nitrogens is 1. The van der Waals surface area contributed by atoms with Crippen LogP contribution in [0.1, 0.15) is 28.5 Å². The molecule has 0 saturated carbocycles. The summed E-state index contributed by atoms with van der Waals surface area (Å²) in [4.78, 5) is 11.1. The van der Waals surface area contributed by atoms with Crippen LogP contribution < -0.4 is 10.6 Å². The molecule has 2 aromatic carbocycles. The number of benzene rings is 2. The molecule has 0 radical (unpaired) electrons. The lowest BCUT2D eigenvalue weighted by atomic mass is 10.1. The van der Waals surface area contributed by atoms with Crippen molar-refractivity contribution in [1.29, 1.82) is 0 Å². The molecule has 1 heterocycles. The Bertz CT molecular complexity index is 976. The van der Waals surface area contributed by atoms with E-state index in [4.69, 9.17) is 0 Å². The van der Waals surface area contributed by atoms with Gasteiger partial charge in [-0.25, -0.2) is 0 Å². The number of carbonyl (C=O) groups excluding carboxylic acids is 1. The Morgan fingerprint density at radius 2 is 2.00 bits per heavy atom. The molecule has 0 spiro atoms. The highest BCUT2D eigenvalue weighted by Gasteiger charge is 2.06. The molecule has 0 unspecified atom stereocenters. The van der Waals surface area contributed by atoms with Gasteiger partial charge < -0.3 is 15.2 Å². The van der Waals surface area contributed by atoms with Crippen molar-refractivity contribution in [2.45, 2.75) is 20.0 Å². The first kappa shape index (κ1) is 17.8. The molecule has 0 fully saturated rings. The van der Waals surface area contributed by atoms with Crippen molar-refractivity contribution in [2.75, 3.05) is 18.9 Å². The second-order valence-electron chi connectivity index (χ2n) is 6.06. The Balaban J connectivity index is 1.80. The zero-order chi connectivity index (χ0) is 18.4. The van der Waals surface area contributed by atoms with Crippen LogP contribution in [0, 0.1) is 11.8 Å². The van der Waals surface area contributed by atoms with Crippen molar-refractivity contribution < 1.29 is 4.79 Å². The van der Waals surface area contributed by atoms with Crippen molar-refractivity contribution in [2.24, 2.45) is 0 Å². The molecule has 4 nitrogen and oxygen atoms in total. The Kier molecular flexibility index (Phi) is 5.73. The SMILES string of the molecule is CCn1c(C#CCNc2ccccc2C=O)cc2cc(CNC)ccc21. The summed E-state index contributed by atoms with van der Waals surface area (Å²) < 4.78 is 2.23. The van der Waals surface area contributed by atoms with Crippen molar-refractivity contribution in [3.63, 3.8) is 0 Å². The van der Waals surface area contributed by atoms with Crippen LogP contribution in [0.4, 0.5) is 5.69 Å². The van der Waals surface area contributed by atoms with Gasteiger partial charge >= 0.3 is 0 Å². The highest BCUT2D eigenvalue weighted by molar-refractivity contribution is 5.84. The molecule has 1 aromatic heterocycles. The van der Waals surface area contributed by atoms with Crippen LogP contribution in [-0.2, 0) is 13.1 Å². The number of aldehydes is 1. The second kappa shape index (κ2) is 8.37. The summed E-state index contributed by atoms with van der Waals surface area (Å²) >= 11 is 0. The summed E-state index contributed by atoms with van der Waals surface area (Å²) in [7, 11) is 1.95. The molecule has 2 N–H and O–H groups in total. The number of rotatable bonds is 6. The van der Waals surface area contributed by atoms with Gasteiger partial charge in [0.25, 0.3) is 0 Å². The van der Waals surface area contributed by atoms with Gasteiger partial charge in [-0.05, 0) is 55.8 Å². The zero-order valence-corrected chi connectivity index (χ0v) is 15.2. The minimum Gasteiger partial charge on any atom is -0.374 e. The first-order valence-corrected chi connectivity index (χ1v) is 8.80.